The molecule has 1 saturated carbocycles. The van der Waals surface area contributed by atoms with Crippen molar-refractivity contribution < 1.29 is 19.3 Å². The molecule has 0 bridgehead atoms. The molecule has 3 atom stereocenters. The molecule has 160 valence electrons. The van der Waals surface area contributed by atoms with Gasteiger partial charge in [-0.1, -0.05) is 24.4 Å². The van der Waals surface area contributed by atoms with Crippen LogP contribution in [0.25, 0.3) is 0 Å². The molecular weight excluding hydrogens is 401 g/mol. The maximum absolute atomic E-state index is 9.85. The first-order chi connectivity index (χ1) is 13.1. The van der Waals surface area contributed by atoms with Crippen molar-refractivity contribution in [1.29, 1.82) is 0 Å². The average molecular weight is 434 g/mol. The van der Waals surface area contributed by atoms with Gasteiger partial charge in [-0.05, 0) is 49.8 Å². The van der Waals surface area contributed by atoms with E-state index in [0.717, 1.165) is 50.9 Å². The molecule has 1 aromatic carbocycles. The van der Waals surface area contributed by atoms with Crippen molar-refractivity contribution in [2.45, 2.75) is 63.2 Å². The topological polar surface area (TPSA) is 51.2 Å². The van der Waals surface area contributed by atoms with E-state index in [9.17, 15) is 5.11 Å². The number of methoxy groups -OCH3 is 2. The van der Waals surface area contributed by atoms with E-state index in [0.29, 0.717) is 22.6 Å². The number of aliphatic hydroxyl groups excluding tert-OH is 1. The molecule has 0 radical (unpaired) electrons. The fourth-order valence-corrected chi connectivity index (χ4v) is 4.70. The van der Waals surface area contributed by atoms with Crippen molar-refractivity contribution in [3.05, 3.63) is 22.7 Å². The molecule has 1 aliphatic heterocycles. The summed E-state index contributed by atoms with van der Waals surface area (Å²) in [5.74, 6) is 1.25. The van der Waals surface area contributed by atoms with E-state index < -0.39 is 0 Å². The molecule has 0 unspecified atom stereocenters. The lowest BCUT2D eigenvalue weighted by molar-refractivity contribution is -0.0333. The normalized spacial score (nSPS) is 25.4. The van der Waals surface area contributed by atoms with Gasteiger partial charge in [0, 0.05) is 25.7 Å². The van der Waals surface area contributed by atoms with E-state index in [4.69, 9.17) is 25.8 Å². The Bertz CT molecular complexity index is 616. The lowest BCUT2D eigenvalue weighted by Crippen LogP contribution is -2.46. The zero-order valence-electron chi connectivity index (χ0n) is 16.9. The molecule has 0 spiro atoms. The summed E-state index contributed by atoms with van der Waals surface area (Å²) in [6, 6.07) is 4.39. The van der Waals surface area contributed by atoms with Gasteiger partial charge in [-0.3, -0.25) is 4.90 Å². The average Bonchev–Trinajstić information content (AvgIpc) is 3.11. The maximum atomic E-state index is 9.85. The summed E-state index contributed by atoms with van der Waals surface area (Å²) in [5, 5.41) is 10.4. The van der Waals surface area contributed by atoms with E-state index in [2.05, 4.69) is 4.90 Å². The third-order valence-electron chi connectivity index (χ3n) is 5.77. The molecular formula is C21H33Cl2NO4. The highest BCUT2D eigenvalue weighted by molar-refractivity contribution is 6.32. The summed E-state index contributed by atoms with van der Waals surface area (Å²) in [6.45, 7) is 2.54. The van der Waals surface area contributed by atoms with Crippen molar-refractivity contribution in [3.8, 4) is 11.5 Å². The Morgan fingerprint density at radius 2 is 1.93 bits per heavy atom. The Labute approximate surface area is 179 Å². The number of hydrogen-bond donors (Lipinski definition) is 1. The number of aliphatic hydroxyl groups is 1. The predicted octanol–water partition coefficient (Wildman–Crippen LogP) is 4.11. The van der Waals surface area contributed by atoms with Crippen LogP contribution in [0.4, 0.5) is 0 Å². The van der Waals surface area contributed by atoms with E-state index >= 15 is 0 Å². The summed E-state index contributed by atoms with van der Waals surface area (Å²) in [4.78, 5) is 2.43. The van der Waals surface area contributed by atoms with Crippen molar-refractivity contribution in [2.75, 3.05) is 33.9 Å². The lowest BCUT2D eigenvalue weighted by atomic mass is 9.91. The number of ether oxygens (including phenoxy) is 3. The van der Waals surface area contributed by atoms with Crippen LogP contribution in [0.3, 0.4) is 0 Å². The van der Waals surface area contributed by atoms with Gasteiger partial charge in [0.2, 0.25) is 0 Å². The van der Waals surface area contributed by atoms with Gasteiger partial charge in [0.25, 0.3) is 0 Å². The first-order valence-electron chi connectivity index (χ1n) is 10.1. The standard InChI is InChI=1S/C21H32ClNO4.ClH/c1-25-20-13-15(12-17(22)21(20)26-2)6-5-11-27-19-8-4-3-7-18(19)23-10-9-16(24)14-23;/h12-13,16,18-19,24H,3-11,14H2,1-2H3;1H/t16-,18+,19+;/m1./s1. The lowest BCUT2D eigenvalue weighted by Gasteiger charge is -2.37. The van der Waals surface area contributed by atoms with Gasteiger partial charge in [-0.25, -0.2) is 0 Å². The third kappa shape index (κ3) is 5.90. The molecule has 1 heterocycles. The highest BCUT2D eigenvalue weighted by atomic mass is 35.5. The maximum Gasteiger partial charge on any atom is 0.179 e. The SMILES string of the molecule is COc1cc(CCCO[C@H]2CCCC[C@@H]2N2CC[C@@H](O)C2)cc(Cl)c1OC.Cl. The molecule has 2 fully saturated rings. The molecule has 0 aromatic heterocycles. The fraction of sp³-hybridized carbons (Fsp3) is 0.714. The molecule has 1 N–H and O–H groups in total. The van der Waals surface area contributed by atoms with E-state index in [-0.39, 0.29) is 24.6 Å². The van der Waals surface area contributed by atoms with Crippen LogP contribution >= 0.6 is 24.0 Å². The summed E-state index contributed by atoms with van der Waals surface area (Å²) in [7, 11) is 3.22. The van der Waals surface area contributed by atoms with Crippen LogP contribution in [0.1, 0.15) is 44.1 Å². The fourth-order valence-electron chi connectivity index (χ4n) is 4.39. The first kappa shape index (κ1) is 23.6. The molecule has 0 amide bonds. The highest BCUT2D eigenvalue weighted by Crippen LogP contribution is 2.36. The second-order valence-electron chi connectivity index (χ2n) is 7.62. The van der Waals surface area contributed by atoms with Crippen LogP contribution in [0.5, 0.6) is 11.5 Å². The Balaban J connectivity index is 0.00000280. The molecule has 2 aliphatic rings. The number of hydrogen-bond acceptors (Lipinski definition) is 5. The van der Waals surface area contributed by atoms with Gasteiger partial charge in [0.15, 0.2) is 11.5 Å². The molecule has 7 heteroatoms. The number of likely N-dealkylation sites (tertiary alicyclic amines) is 1. The van der Waals surface area contributed by atoms with Crippen molar-refractivity contribution >= 4 is 24.0 Å². The molecule has 3 rings (SSSR count). The Morgan fingerprint density at radius 3 is 2.61 bits per heavy atom. The van der Waals surface area contributed by atoms with Crippen molar-refractivity contribution in [3.63, 3.8) is 0 Å². The number of β-amino-alcohol motifs (C(OH)–C–C–N with tert-alkyl or cyclic N) is 1. The Kier molecular flexibility index (Phi) is 9.64. The van der Waals surface area contributed by atoms with Crippen LogP contribution in [0, 0.1) is 0 Å². The van der Waals surface area contributed by atoms with Gasteiger partial charge in [0.1, 0.15) is 0 Å². The van der Waals surface area contributed by atoms with Gasteiger partial charge < -0.3 is 19.3 Å². The van der Waals surface area contributed by atoms with Crippen LogP contribution in [0.2, 0.25) is 5.02 Å². The summed E-state index contributed by atoms with van der Waals surface area (Å²) in [6.07, 6.45) is 7.66. The monoisotopic (exact) mass is 433 g/mol. The van der Waals surface area contributed by atoms with Gasteiger partial charge >= 0.3 is 0 Å². The molecule has 1 aromatic rings. The van der Waals surface area contributed by atoms with Crippen LogP contribution < -0.4 is 9.47 Å². The van der Waals surface area contributed by atoms with Gasteiger partial charge in [-0.2, -0.15) is 0 Å². The minimum atomic E-state index is -0.164. The number of rotatable bonds is 8. The molecule has 5 nitrogen and oxygen atoms in total. The molecule has 1 saturated heterocycles. The quantitative estimate of drug-likeness (QED) is 0.625. The van der Waals surface area contributed by atoms with E-state index in [1.807, 2.05) is 12.1 Å². The van der Waals surface area contributed by atoms with Crippen LogP contribution in [-0.4, -0.2) is 62.2 Å². The largest absolute Gasteiger partial charge is 0.493 e. The molecule has 1 aliphatic carbocycles. The van der Waals surface area contributed by atoms with E-state index in [1.165, 1.54) is 19.3 Å². The number of nitrogens with zero attached hydrogens (tertiary/aromatic N) is 1. The second-order valence-corrected chi connectivity index (χ2v) is 8.02. The second kappa shape index (κ2) is 11.5. The zero-order chi connectivity index (χ0) is 19.2. The summed E-state index contributed by atoms with van der Waals surface area (Å²) >= 11 is 6.29. The minimum absolute atomic E-state index is 0. The van der Waals surface area contributed by atoms with E-state index in [1.54, 1.807) is 14.2 Å². The van der Waals surface area contributed by atoms with Crippen LogP contribution in [0.15, 0.2) is 12.1 Å². The summed E-state index contributed by atoms with van der Waals surface area (Å²) in [5.41, 5.74) is 1.13. The third-order valence-corrected chi connectivity index (χ3v) is 6.05. The molecule has 28 heavy (non-hydrogen) atoms. The Morgan fingerprint density at radius 1 is 1.14 bits per heavy atom. The minimum Gasteiger partial charge on any atom is -0.493 e. The first-order valence-corrected chi connectivity index (χ1v) is 10.4. The van der Waals surface area contributed by atoms with Crippen molar-refractivity contribution in [2.24, 2.45) is 0 Å². The van der Waals surface area contributed by atoms with Gasteiger partial charge in [0.05, 0.1) is 31.5 Å². The number of benzene rings is 1. The number of halogens is 2. The Hall–Kier alpha value is -0.720. The zero-order valence-corrected chi connectivity index (χ0v) is 18.4. The summed E-state index contributed by atoms with van der Waals surface area (Å²) < 4.78 is 16.9. The number of aryl methyl sites for hydroxylation is 1. The van der Waals surface area contributed by atoms with Crippen LogP contribution in [-0.2, 0) is 11.2 Å². The smallest absolute Gasteiger partial charge is 0.179 e. The highest BCUT2D eigenvalue weighted by Gasteiger charge is 2.34. The predicted molar refractivity (Wildman–Crippen MR) is 114 cm³/mol. The van der Waals surface area contributed by atoms with Gasteiger partial charge in [-0.15, -0.1) is 12.4 Å². The van der Waals surface area contributed by atoms with Crippen molar-refractivity contribution in [1.82, 2.24) is 4.90 Å².